The third-order valence-electron chi connectivity index (χ3n) is 2.69. The maximum Gasteiger partial charge on any atom is 0.259 e. The number of aryl methyl sites for hydroxylation is 1. The summed E-state index contributed by atoms with van der Waals surface area (Å²) in [5.41, 5.74) is 7.98. The van der Waals surface area contributed by atoms with E-state index in [2.05, 4.69) is 5.32 Å². The fourth-order valence-electron chi connectivity index (χ4n) is 1.71. The molecule has 0 aliphatic rings. The van der Waals surface area contributed by atoms with Crippen LogP contribution >= 0.6 is 0 Å². The zero-order valence-corrected chi connectivity index (χ0v) is 9.97. The number of phenols is 1. The average Bonchev–Trinajstić information content (AvgIpc) is 2.34. The molecule has 92 valence electrons. The van der Waals surface area contributed by atoms with Gasteiger partial charge in [0, 0.05) is 0 Å². The predicted octanol–water partition coefficient (Wildman–Crippen LogP) is 2.54. The quantitative estimate of drug-likeness (QED) is 0.708. The number of phenolic OH excluding ortho intramolecular Hbond substituents is 1. The summed E-state index contributed by atoms with van der Waals surface area (Å²) < 4.78 is 0. The van der Waals surface area contributed by atoms with E-state index >= 15 is 0 Å². The Morgan fingerprint density at radius 1 is 1.17 bits per heavy atom. The van der Waals surface area contributed by atoms with Crippen molar-refractivity contribution in [3.63, 3.8) is 0 Å². The minimum atomic E-state index is -0.380. The van der Waals surface area contributed by atoms with Gasteiger partial charge in [0.05, 0.1) is 16.9 Å². The van der Waals surface area contributed by atoms with Gasteiger partial charge in [0.2, 0.25) is 0 Å². The van der Waals surface area contributed by atoms with E-state index in [9.17, 15) is 9.90 Å². The van der Waals surface area contributed by atoms with Crippen LogP contribution in [0.1, 0.15) is 15.9 Å². The first-order valence-electron chi connectivity index (χ1n) is 5.54. The topological polar surface area (TPSA) is 75.3 Å². The maximum absolute atomic E-state index is 12.0. The minimum absolute atomic E-state index is 0.0536. The number of benzene rings is 2. The molecule has 4 nitrogen and oxygen atoms in total. The van der Waals surface area contributed by atoms with Gasteiger partial charge in [-0.3, -0.25) is 4.79 Å². The average molecular weight is 242 g/mol. The van der Waals surface area contributed by atoms with Crippen molar-refractivity contribution < 1.29 is 9.90 Å². The molecule has 0 fully saturated rings. The zero-order valence-electron chi connectivity index (χ0n) is 9.97. The summed E-state index contributed by atoms with van der Waals surface area (Å²) in [4.78, 5) is 12.0. The van der Waals surface area contributed by atoms with Gasteiger partial charge in [-0.15, -0.1) is 0 Å². The van der Waals surface area contributed by atoms with Crippen LogP contribution in [-0.4, -0.2) is 11.0 Å². The Labute approximate surface area is 105 Å². The van der Waals surface area contributed by atoms with E-state index < -0.39 is 0 Å². The summed E-state index contributed by atoms with van der Waals surface area (Å²) in [5, 5.41) is 12.3. The third-order valence-corrected chi connectivity index (χ3v) is 2.69. The smallest absolute Gasteiger partial charge is 0.259 e. The van der Waals surface area contributed by atoms with Gasteiger partial charge >= 0.3 is 0 Å². The summed E-state index contributed by atoms with van der Waals surface area (Å²) in [5.74, 6) is -0.434. The zero-order chi connectivity index (χ0) is 13.1. The first kappa shape index (κ1) is 12.0. The van der Waals surface area contributed by atoms with Gasteiger partial charge < -0.3 is 16.2 Å². The molecule has 0 unspecified atom stereocenters. The fraction of sp³-hybridized carbons (Fsp3) is 0.0714. The van der Waals surface area contributed by atoms with E-state index in [0.29, 0.717) is 11.4 Å². The molecule has 18 heavy (non-hydrogen) atoms. The number of anilines is 2. The van der Waals surface area contributed by atoms with Crippen molar-refractivity contribution in [1.82, 2.24) is 0 Å². The number of hydrogen-bond donors (Lipinski definition) is 3. The summed E-state index contributed by atoms with van der Waals surface area (Å²) >= 11 is 0. The molecular formula is C14H14N2O2. The van der Waals surface area contributed by atoms with Crippen LogP contribution in [0.25, 0.3) is 0 Å². The number of amides is 1. The SMILES string of the molecule is Cc1cccc(N)c1NC(=O)c1ccccc1O. The number of carbonyl (C=O) groups is 1. The molecule has 0 radical (unpaired) electrons. The Kier molecular flexibility index (Phi) is 3.19. The number of nitrogen functional groups attached to an aromatic ring is 1. The van der Waals surface area contributed by atoms with Crippen molar-refractivity contribution in [3.8, 4) is 5.75 Å². The van der Waals surface area contributed by atoms with Crippen LogP contribution in [0.3, 0.4) is 0 Å². The van der Waals surface area contributed by atoms with Gasteiger partial charge in [-0.1, -0.05) is 24.3 Å². The number of nitrogens with one attached hydrogen (secondary N) is 1. The van der Waals surface area contributed by atoms with E-state index in [1.807, 2.05) is 19.1 Å². The van der Waals surface area contributed by atoms with E-state index in [0.717, 1.165) is 5.56 Å². The molecule has 0 atom stereocenters. The Bertz CT molecular complexity index is 574. The molecule has 2 aromatic rings. The molecule has 0 heterocycles. The first-order chi connectivity index (χ1) is 8.59. The molecule has 0 aliphatic heterocycles. The second-order valence-electron chi connectivity index (χ2n) is 4.01. The standard InChI is InChI=1S/C14H14N2O2/c1-9-5-4-7-11(15)13(9)16-14(18)10-6-2-3-8-12(10)17/h2-8,17H,15H2,1H3,(H,16,18). The van der Waals surface area contributed by atoms with Gasteiger partial charge in [-0.2, -0.15) is 0 Å². The second-order valence-corrected chi connectivity index (χ2v) is 4.01. The molecule has 0 aliphatic carbocycles. The highest BCUT2D eigenvalue weighted by Gasteiger charge is 2.12. The molecule has 4 heteroatoms. The minimum Gasteiger partial charge on any atom is -0.507 e. The van der Waals surface area contributed by atoms with E-state index in [4.69, 9.17) is 5.73 Å². The lowest BCUT2D eigenvalue weighted by Crippen LogP contribution is -2.14. The van der Waals surface area contributed by atoms with Gasteiger partial charge in [0.25, 0.3) is 5.91 Å². The van der Waals surface area contributed by atoms with Crippen LogP contribution in [-0.2, 0) is 0 Å². The molecule has 1 amide bonds. The Hall–Kier alpha value is -2.49. The highest BCUT2D eigenvalue weighted by Crippen LogP contribution is 2.24. The van der Waals surface area contributed by atoms with E-state index in [-0.39, 0.29) is 17.2 Å². The van der Waals surface area contributed by atoms with E-state index in [1.54, 1.807) is 24.3 Å². The summed E-state index contributed by atoms with van der Waals surface area (Å²) in [6.07, 6.45) is 0. The molecule has 0 saturated heterocycles. The summed E-state index contributed by atoms with van der Waals surface area (Å²) in [7, 11) is 0. The van der Waals surface area contributed by atoms with Gasteiger partial charge in [-0.25, -0.2) is 0 Å². The molecule has 0 saturated carbocycles. The van der Waals surface area contributed by atoms with Crippen LogP contribution in [0.2, 0.25) is 0 Å². The predicted molar refractivity (Wildman–Crippen MR) is 71.7 cm³/mol. The fourth-order valence-corrected chi connectivity index (χ4v) is 1.71. The monoisotopic (exact) mass is 242 g/mol. The second kappa shape index (κ2) is 4.79. The number of nitrogens with two attached hydrogens (primary N) is 1. The van der Waals surface area contributed by atoms with Crippen LogP contribution < -0.4 is 11.1 Å². The molecule has 0 spiro atoms. The third kappa shape index (κ3) is 2.27. The first-order valence-corrected chi connectivity index (χ1v) is 5.54. The van der Waals surface area contributed by atoms with Gasteiger partial charge in [-0.05, 0) is 30.7 Å². The lowest BCUT2D eigenvalue weighted by atomic mass is 10.1. The summed E-state index contributed by atoms with van der Waals surface area (Å²) in [6.45, 7) is 1.86. The van der Waals surface area contributed by atoms with Crippen molar-refractivity contribution in [2.45, 2.75) is 6.92 Å². The number of aromatic hydroxyl groups is 1. The van der Waals surface area contributed by atoms with Crippen molar-refractivity contribution in [3.05, 3.63) is 53.6 Å². The van der Waals surface area contributed by atoms with Crippen LogP contribution in [0.5, 0.6) is 5.75 Å². The molecular weight excluding hydrogens is 228 g/mol. The Morgan fingerprint density at radius 2 is 1.89 bits per heavy atom. The van der Waals surface area contributed by atoms with Gasteiger partial charge in [0.1, 0.15) is 5.75 Å². The normalized spacial score (nSPS) is 10.1. The van der Waals surface area contributed by atoms with Crippen molar-refractivity contribution >= 4 is 17.3 Å². The Balaban J connectivity index is 2.30. The van der Waals surface area contributed by atoms with Crippen molar-refractivity contribution in [2.75, 3.05) is 11.1 Å². The molecule has 0 aromatic heterocycles. The van der Waals surface area contributed by atoms with Gasteiger partial charge in [0.15, 0.2) is 0 Å². The number of para-hydroxylation sites is 2. The van der Waals surface area contributed by atoms with Crippen LogP contribution in [0.4, 0.5) is 11.4 Å². The van der Waals surface area contributed by atoms with Crippen LogP contribution in [0, 0.1) is 6.92 Å². The highest BCUT2D eigenvalue weighted by molar-refractivity contribution is 6.07. The molecule has 2 aromatic carbocycles. The number of carbonyl (C=O) groups excluding carboxylic acids is 1. The Morgan fingerprint density at radius 3 is 2.56 bits per heavy atom. The lowest BCUT2D eigenvalue weighted by Gasteiger charge is -2.11. The van der Waals surface area contributed by atoms with Crippen LogP contribution in [0.15, 0.2) is 42.5 Å². The van der Waals surface area contributed by atoms with Crippen molar-refractivity contribution in [1.29, 1.82) is 0 Å². The molecule has 2 rings (SSSR count). The molecule has 4 N–H and O–H groups in total. The largest absolute Gasteiger partial charge is 0.507 e. The molecule has 0 bridgehead atoms. The number of rotatable bonds is 2. The summed E-state index contributed by atoms with van der Waals surface area (Å²) in [6, 6.07) is 11.8. The highest BCUT2D eigenvalue weighted by atomic mass is 16.3. The number of hydrogen-bond acceptors (Lipinski definition) is 3. The van der Waals surface area contributed by atoms with Crippen molar-refractivity contribution in [2.24, 2.45) is 0 Å². The van der Waals surface area contributed by atoms with E-state index in [1.165, 1.54) is 6.07 Å². The lowest BCUT2D eigenvalue weighted by molar-refractivity contribution is 0.102. The maximum atomic E-state index is 12.0.